The smallest absolute Gasteiger partial charge is 0.321 e. The summed E-state index contributed by atoms with van der Waals surface area (Å²) in [6.45, 7) is 2.63. The third kappa shape index (κ3) is 3.59. The highest BCUT2D eigenvalue weighted by molar-refractivity contribution is 7.14. The number of hydrogen-bond donors (Lipinski definition) is 2. The molecule has 0 aromatic carbocycles. The molecule has 0 radical (unpaired) electrons. The largest absolute Gasteiger partial charge is 0.371 e. The average molecular weight is 387 g/mol. The van der Waals surface area contributed by atoms with Crippen molar-refractivity contribution in [1.82, 2.24) is 19.7 Å². The number of carbonyl (C=O) groups is 1. The zero-order valence-electron chi connectivity index (χ0n) is 14.0. The molecule has 7 nitrogen and oxygen atoms in total. The van der Waals surface area contributed by atoms with Crippen LogP contribution in [0.4, 0.5) is 9.93 Å². The molecule has 26 heavy (non-hydrogen) atoms. The number of aryl methyl sites for hydroxylation is 1. The maximum atomic E-state index is 12.4. The quantitative estimate of drug-likeness (QED) is 0.714. The lowest BCUT2D eigenvalue weighted by Gasteiger charge is -2.19. The summed E-state index contributed by atoms with van der Waals surface area (Å²) in [6, 6.07) is 5.45. The first-order chi connectivity index (χ1) is 12.7. The predicted octanol–water partition coefficient (Wildman–Crippen LogP) is 3.62. The van der Waals surface area contributed by atoms with Gasteiger partial charge in [0.05, 0.1) is 10.9 Å². The number of anilines is 1. The normalized spacial score (nSPS) is 19.4. The van der Waals surface area contributed by atoms with Gasteiger partial charge in [0.25, 0.3) is 0 Å². The van der Waals surface area contributed by atoms with Gasteiger partial charge in [-0.25, -0.2) is 4.79 Å². The summed E-state index contributed by atoms with van der Waals surface area (Å²) in [5.74, 6) is 0.650. The van der Waals surface area contributed by atoms with Crippen molar-refractivity contribution >= 4 is 34.0 Å². The van der Waals surface area contributed by atoms with E-state index >= 15 is 0 Å². The summed E-state index contributed by atoms with van der Waals surface area (Å²) >= 11 is 2.76. The van der Waals surface area contributed by atoms with Crippen molar-refractivity contribution in [3.05, 3.63) is 47.1 Å². The van der Waals surface area contributed by atoms with Crippen LogP contribution in [-0.2, 0) is 4.74 Å². The lowest BCUT2D eigenvalue weighted by atomic mass is 10.0. The van der Waals surface area contributed by atoms with Gasteiger partial charge in [-0.1, -0.05) is 0 Å². The molecule has 1 aliphatic rings. The molecule has 0 saturated carbocycles. The van der Waals surface area contributed by atoms with Crippen LogP contribution in [0, 0.1) is 6.92 Å². The number of thiophene rings is 1. The van der Waals surface area contributed by atoms with E-state index in [-0.39, 0.29) is 18.2 Å². The first-order valence-electron chi connectivity index (χ1n) is 8.18. The van der Waals surface area contributed by atoms with Gasteiger partial charge in [-0.05, 0) is 48.1 Å². The van der Waals surface area contributed by atoms with E-state index in [9.17, 15) is 4.79 Å². The topological polar surface area (TPSA) is 89.0 Å². The number of hydrogen-bond acceptors (Lipinski definition) is 7. The predicted molar refractivity (Wildman–Crippen MR) is 101 cm³/mol. The Morgan fingerprint density at radius 3 is 2.92 bits per heavy atom. The van der Waals surface area contributed by atoms with Crippen LogP contribution in [0.25, 0.3) is 10.7 Å². The Balaban J connectivity index is 1.40. The zero-order chi connectivity index (χ0) is 17.9. The van der Waals surface area contributed by atoms with Gasteiger partial charge in [-0.15, -0.1) is 11.3 Å². The molecule has 1 aliphatic heterocycles. The molecular weight excluding hydrogens is 370 g/mol. The van der Waals surface area contributed by atoms with Gasteiger partial charge in [0.2, 0.25) is 5.13 Å². The minimum absolute atomic E-state index is 0.0932. The SMILES string of the molecule is Cc1ccsc1-c1nsc(NC(=O)N[C@@H]2CCO[C@H]2c2ccncc2)n1. The van der Waals surface area contributed by atoms with E-state index in [1.165, 1.54) is 11.5 Å². The summed E-state index contributed by atoms with van der Waals surface area (Å²) < 4.78 is 10.1. The molecule has 0 aliphatic carbocycles. The maximum absolute atomic E-state index is 12.4. The van der Waals surface area contributed by atoms with Crippen molar-refractivity contribution in [2.75, 3.05) is 11.9 Å². The Morgan fingerprint density at radius 1 is 1.31 bits per heavy atom. The summed E-state index contributed by atoms with van der Waals surface area (Å²) in [7, 11) is 0. The van der Waals surface area contributed by atoms with Crippen molar-refractivity contribution in [2.24, 2.45) is 0 Å². The number of nitrogens with zero attached hydrogens (tertiary/aromatic N) is 3. The first-order valence-corrected chi connectivity index (χ1v) is 9.83. The molecule has 2 atom stereocenters. The van der Waals surface area contributed by atoms with Crippen LogP contribution >= 0.6 is 22.9 Å². The number of aromatic nitrogens is 3. The van der Waals surface area contributed by atoms with Crippen LogP contribution in [0.1, 0.15) is 23.7 Å². The third-order valence-corrected chi connectivity index (χ3v) is 5.80. The lowest BCUT2D eigenvalue weighted by molar-refractivity contribution is 0.100. The maximum Gasteiger partial charge on any atom is 0.321 e. The summed E-state index contributed by atoms with van der Waals surface area (Å²) in [6.07, 6.45) is 4.05. The van der Waals surface area contributed by atoms with E-state index in [0.717, 1.165) is 22.4 Å². The fourth-order valence-electron chi connectivity index (χ4n) is 2.89. The molecule has 1 saturated heterocycles. The van der Waals surface area contributed by atoms with E-state index < -0.39 is 0 Å². The highest BCUT2D eigenvalue weighted by atomic mass is 32.1. The number of nitrogens with one attached hydrogen (secondary N) is 2. The van der Waals surface area contributed by atoms with Crippen molar-refractivity contribution < 1.29 is 9.53 Å². The first kappa shape index (κ1) is 17.1. The Bertz CT molecular complexity index is 895. The second-order valence-corrected chi connectivity index (χ2v) is 7.59. The molecule has 0 unspecified atom stereocenters. The monoisotopic (exact) mass is 387 g/mol. The highest BCUT2D eigenvalue weighted by Gasteiger charge is 2.31. The third-order valence-electron chi connectivity index (χ3n) is 4.15. The molecule has 2 amide bonds. The van der Waals surface area contributed by atoms with E-state index in [1.54, 1.807) is 23.7 Å². The van der Waals surface area contributed by atoms with Gasteiger partial charge in [-0.2, -0.15) is 9.36 Å². The molecule has 0 spiro atoms. The van der Waals surface area contributed by atoms with E-state index in [4.69, 9.17) is 4.74 Å². The molecule has 9 heteroatoms. The Morgan fingerprint density at radius 2 is 2.15 bits per heavy atom. The van der Waals surface area contributed by atoms with Crippen LogP contribution < -0.4 is 10.6 Å². The zero-order valence-corrected chi connectivity index (χ0v) is 15.6. The fourth-order valence-corrected chi connectivity index (χ4v) is 4.38. The Hall–Kier alpha value is -2.36. The second-order valence-electron chi connectivity index (χ2n) is 5.92. The summed E-state index contributed by atoms with van der Waals surface area (Å²) in [4.78, 5) is 21.8. The van der Waals surface area contributed by atoms with Crippen molar-refractivity contribution in [3.8, 4) is 10.7 Å². The number of carbonyl (C=O) groups excluding carboxylic acids is 1. The lowest BCUT2D eigenvalue weighted by Crippen LogP contribution is -2.39. The van der Waals surface area contributed by atoms with Gasteiger partial charge in [-0.3, -0.25) is 10.3 Å². The molecule has 134 valence electrons. The molecular formula is C17H17N5O2S2. The summed E-state index contributed by atoms with van der Waals surface area (Å²) in [5, 5.41) is 8.23. The van der Waals surface area contributed by atoms with Crippen LogP contribution in [0.5, 0.6) is 0 Å². The molecule has 2 N–H and O–H groups in total. The van der Waals surface area contributed by atoms with Gasteiger partial charge in [0.15, 0.2) is 5.82 Å². The van der Waals surface area contributed by atoms with E-state index in [0.29, 0.717) is 17.6 Å². The average Bonchev–Trinajstić information content (AvgIpc) is 3.37. The highest BCUT2D eigenvalue weighted by Crippen LogP contribution is 2.30. The molecule has 3 aromatic rings. The number of rotatable bonds is 4. The molecule has 4 heterocycles. The second kappa shape index (κ2) is 7.48. The Labute approximate surface area is 158 Å². The number of pyridine rings is 1. The van der Waals surface area contributed by atoms with Crippen LogP contribution in [-0.4, -0.2) is 33.0 Å². The van der Waals surface area contributed by atoms with E-state index in [2.05, 4.69) is 25.0 Å². The van der Waals surface area contributed by atoms with Gasteiger partial charge >= 0.3 is 6.03 Å². The number of ether oxygens (including phenoxy) is 1. The Kier molecular flexibility index (Phi) is 4.91. The van der Waals surface area contributed by atoms with Crippen molar-refractivity contribution in [1.29, 1.82) is 0 Å². The van der Waals surface area contributed by atoms with Crippen LogP contribution in [0.15, 0.2) is 36.0 Å². The fraction of sp³-hybridized carbons (Fsp3) is 0.294. The standard InChI is InChI=1S/C17H17N5O2S2/c1-10-5-9-25-14(10)15-20-17(26-22-15)21-16(23)19-12-4-8-24-13(12)11-2-6-18-7-3-11/h2-3,5-7,9,12-13H,4,8H2,1H3,(H2,19,20,21,22,23)/t12-,13+/m1/s1. The van der Waals surface area contributed by atoms with Crippen molar-refractivity contribution in [2.45, 2.75) is 25.5 Å². The molecule has 1 fully saturated rings. The van der Waals surface area contributed by atoms with Crippen LogP contribution in [0.2, 0.25) is 0 Å². The minimum atomic E-state index is -0.301. The number of urea groups is 1. The van der Waals surface area contributed by atoms with Crippen LogP contribution in [0.3, 0.4) is 0 Å². The molecule has 0 bridgehead atoms. The van der Waals surface area contributed by atoms with Crippen molar-refractivity contribution in [3.63, 3.8) is 0 Å². The molecule has 4 rings (SSSR count). The molecule has 3 aromatic heterocycles. The summed E-state index contributed by atoms with van der Waals surface area (Å²) in [5.41, 5.74) is 2.14. The van der Waals surface area contributed by atoms with Gasteiger partial charge < -0.3 is 10.1 Å². The minimum Gasteiger partial charge on any atom is -0.371 e. The van der Waals surface area contributed by atoms with Gasteiger partial charge in [0, 0.05) is 30.5 Å². The van der Waals surface area contributed by atoms with E-state index in [1.807, 2.05) is 30.5 Å². The number of amides is 2. The van der Waals surface area contributed by atoms with Gasteiger partial charge in [0.1, 0.15) is 6.10 Å².